The highest BCUT2D eigenvalue weighted by atomic mass is 32.1. The third-order valence-electron chi connectivity index (χ3n) is 3.47. The van der Waals surface area contributed by atoms with Crippen molar-refractivity contribution in [2.24, 2.45) is 5.10 Å². The highest BCUT2D eigenvalue weighted by Crippen LogP contribution is 2.25. The second-order valence-corrected chi connectivity index (χ2v) is 6.31. The van der Waals surface area contributed by atoms with E-state index in [9.17, 15) is 4.79 Å². The van der Waals surface area contributed by atoms with Gasteiger partial charge in [0.1, 0.15) is 11.5 Å². The van der Waals surface area contributed by atoms with Gasteiger partial charge in [0.25, 0.3) is 5.91 Å². The molecule has 134 valence electrons. The number of para-hydroxylation sites is 1. The summed E-state index contributed by atoms with van der Waals surface area (Å²) < 4.78 is 11.5. The predicted molar refractivity (Wildman–Crippen MR) is 103 cm³/mol. The van der Waals surface area contributed by atoms with Crippen molar-refractivity contribution < 1.29 is 14.3 Å². The Hall–Kier alpha value is -3.13. The molecule has 1 heterocycles. The highest BCUT2D eigenvalue weighted by Gasteiger charge is 2.05. The summed E-state index contributed by atoms with van der Waals surface area (Å²) in [6.07, 6.45) is 1.53. The summed E-state index contributed by atoms with van der Waals surface area (Å²) in [6.45, 7) is 0.0819. The summed E-state index contributed by atoms with van der Waals surface area (Å²) in [7, 11) is 3.15. The summed E-state index contributed by atoms with van der Waals surface area (Å²) in [5.41, 5.74) is 4.13. The minimum atomic E-state index is -0.268. The van der Waals surface area contributed by atoms with Gasteiger partial charge in [0.2, 0.25) is 0 Å². The summed E-state index contributed by atoms with van der Waals surface area (Å²) in [5, 5.41) is 7.65. The van der Waals surface area contributed by atoms with E-state index in [0.717, 1.165) is 15.8 Å². The first-order valence-electron chi connectivity index (χ1n) is 7.82. The largest absolute Gasteiger partial charge is 0.497 e. The van der Waals surface area contributed by atoms with Gasteiger partial charge in [-0.05, 0) is 24.3 Å². The number of methoxy groups -OCH3 is 2. The molecule has 3 aromatic rings. The fourth-order valence-corrected chi connectivity index (χ4v) is 3.09. The average Bonchev–Trinajstić information content (AvgIpc) is 3.09. The molecule has 0 bridgehead atoms. The number of amides is 1. The molecule has 0 saturated carbocycles. The van der Waals surface area contributed by atoms with Crippen molar-refractivity contribution in [2.75, 3.05) is 26.1 Å². The Bertz CT molecular complexity index is 884. The number of rotatable bonds is 7. The van der Waals surface area contributed by atoms with Crippen LogP contribution in [0.3, 0.4) is 0 Å². The van der Waals surface area contributed by atoms with Gasteiger partial charge < -0.3 is 14.8 Å². The molecule has 0 aliphatic carbocycles. The third kappa shape index (κ3) is 4.48. The zero-order valence-electron chi connectivity index (χ0n) is 14.4. The highest BCUT2D eigenvalue weighted by molar-refractivity contribution is 7.22. The maximum atomic E-state index is 11.9. The van der Waals surface area contributed by atoms with Crippen molar-refractivity contribution in [1.82, 2.24) is 10.4 Å². The van der Waals surface area contributed by atoms with Crippen molar-refractivity contribution in [3.63, 3.8) is 0 Å². The number of hydrogen-bond donors (Lipinski definition) is 2. The van der Waals surface area contributed by atoms with Crippen LogP contribution in [0.15, 0.2) is 47.6 Å². The number of ether oxygens (including phenoxy) is 2. The summed E-state index contributed by atoms with van der Waals surface area (Å²) in [4.78, 5) is 16.3. The van der Waals surface area contributed by atoms with E-state index in [1.807, 2.05) is 24.3 Å². The number of carbonyl (C=O) groups is 1. The van der Waals surface area contributed by atoms with Gasteiger partial charge >= 0.3 is 0 Å². The van der Waals surface area contributed by atoms with Gasteiger partial charge in [0, 0.05) is 11.6 Å². The molecule has 0 radical (unpaired) electrons. The van der Waals surface area contributed by atoms with Gasteiger partial charge in [0.05, 0.1) is 37.2 Å². The van der Waals surface area contributed by atoms with Crippen LogP contribution in [0.25, 0.3) is 10.2 Å². The third-order valence-corrected chi connectivity index (χ3v) is 4.46. The van der Waals surface area contributed by atoms with E-state index in [-0.39, 0.29) is 12.5 Å². The summed E-state index contributed by atoms with van der Waals surface area (Å²) >= 11 is 1.50. The van der Waals surface area contributed by atoms with E-state index in [4.69, 9.17) is 9.47 Å². The Kier molecular flexibility index (Phi) is 5.65. The maximum Gasteiger partial charge on any atom is 0.259 e. The molecule has 0 aliphatic rings. The predicted octanol–water partition coefficient (Wildman–Crippen LogP) is 2.88. The van der Waals surface area contributed by atoms with Crippen LogP contribution in [0.4, 0.5) is 5.13 Å². The number of carbonyl (C=O) groups excluding carboxylic acids is 1. The number of thiazole rings is 1. The van der Waals surface area contributed by atoms with Crippen molar-refractivity contribution in [3.8, 4) is 11.5 Å². The molecule has 7 nitrogen and oxygen atoms in total. The van der Waals surface area contributed by atoms with Gasteiger partial charge in [-0.15, -0.1) is 0 Å². The molecule has 1 aromatic heterocycles. The normalized spacial score (nSPS) is 10.8. The molecule has 0 unspecified atom stereocenters. The van der Waals surface area contributed by atoms with E-state index in [1.165, 1.54) is 17.6 Å². The lowest BCUT2D eigenvalue weighted by Gasteiger charge is -2.05. The van der Waals surface area contributed by atoms with Crippen LogP contribution in [-0.4, -0.2) is 37.9 Å². The molecule has 0 atom stereocenters. The molecule has 0 saturated heterocycles. The molecule has 8 heteroatoms. The number of nitrogens with zero attached hydrogens (tertiary/aromatic N) is 2. The van der Waals surface area contributed by atoms with Crippen LogP contribution in [0.2, 0.25) is 0 Å². The van der Waals surface area contributed by atoms with E-state index >= 15 is 0 Å². The van der Waals surface area contributed by atoms with Gasteiger partial charge in [-0.25, -0.2) is 10.4 Å². The number of aromatic nitrogens is 1. The molecular formula is C18H18N4O3S. The van der Waals surface area contributed by atoms with E-state index in [2.05, 4.69) is 20.8 Å². The Morgan fingerprint density at radius 2 is 1.92 bits per heavy atom. The Morgan fingerprint density at radius 1 is 1.19 bits per heavy atom. The van der Waals surface area contributed by atoms with Crippen molar-refractivity contribution in [1.29, 1.82) is 0 Å². The Morgan fingerprint density at radius 3 is 2.62 bits per heavy atom. The monoisotopic (exact) mass is 370 g/mol. The van der Waals surface area contributed by atoms with Crippen LogP contribution in [-0.2, 0) is 4.79 Å². The van der Waals surface area contributed by atoms with E-state index < -0.39 is 0 Å². The fourth-order valence-electron chi connectivity index (χ4n) is 2.23. The van der Waals surface area contributed by atoms with Gasteiger partial charge in [-0.3, -0.25) is 4.79 Å². The SMILES string of the molecule is COc1cc(/C=N\NC(=O)CNc2nc3ccccc3s2)cc(OC)c1. The minimum Gasteiger partial charge on any atom is -0.497 e. The van der Waals surface area contributed by atoms with Crippen LogP contribution in [0, 0.1) is 0 Å². The fraction of sp³-hybridized carbons (Fsp3) is 0.167. The maximum absolute atomic E-state index is 11.9. The lowest BCUT2D eigenvalue weighted by molar-refractivity contribution is -0.119. The first-order chi connectivity index (χ1) is 12.7. The molecule has 3 rings (SSSR count). The molecule has 26 heavy (non-hydrogen) atoms. The molecule has 2 N–H and O–H groups in total. The smallest absolute Gasteiger partial charge is 0.259 e. The second-order valence-electron chi connectivity index (χ2n) is 5.28. The van der Waals surface area contributed by atoms with Crippen LogP contribution >= 0.6 is 11.3 Å². The average molecular weight is 370 g/mol. The molecule has 2 aromatic carbocycles. The van der Waals surface area contributed by atoms with E-state index in [1.54, 1.807) is 32.4 Å². The standard InChI is InChI=1S/C18H18N4O3S/c1-24-13-7-12(8-14(9-13)25-2)10-20-22-17(23)11-19-18-21-15-5-3-4-6-16(15)26-18/h3-10H,11H2,1-2H3,(H,19,21)(H,22,23)/b20-10-. The van der Waals surface area contributed by atoms with Gasteiger partial charge in [-0.2, -0.15) is 5.10 Å². The number of anilines is 1. The van der Waals surface area contributed by atoms with Crippen molar-refractivity contribution >= 4 is 38.8 Å². The van der Waals surface area contributed by atoms with Crippen molar-refractivity contribution in [3.05, 3.63) is 48.0 Å². The van der Waals surface area contributed by atoms with E-state index in [0.29, 0.717) is 16.6 Å². The number of benzene rings is 2. The topological polar surface area (TPSA) is 84.8 Å². The van der Waals surface area contributed by atoms with Crippen LogP contribution in [0.1, 0.15) is 5.56 Å². The van der Waals surface area contributed by atoms with Crippen LogP contribution < -0.4 is 20.2 Å². The zero-order chi connectivity index (χ0) is 18.4. The minimum absolute atomic E-state index is 0.0819. The first-order valence-corrected chi connectivity index (χ1v) is 8.64. The summed E-state index contributed by atoms with van der Waals surface area (Å²) in [6, 6.07) is 13.2. The molecule has 1 amide bonds. The number of hydrazone groups is 1. The lowest BCUT2D eigenvalue weighted by atomic mass is 10.2. The Balaban J connectivity index is 1.54. The quantitative estimate of drug-likeness (QED) is 0.493. The van der Waals surface area contributed by atoms with Gasteiger partial charge in [-0.1, -0.05) is 23.5 Å². The van der Waals surface area contributed by atoms with Crippen molar-refractivity contribution in [2.45, 2.75) is 0 Å². The Labute approximate surface area is 154 Å². The summed E-state index contributed by atoms with van der Waals surface area (Å²) in [5.74, 6) is 1.03. The molecule has 0 fully saturated rings. The van der Waals surface area contributed by atoms with Gasteiger partial charge in [0.15, 0.2) is 5.13 Å². The number of nitrogens with one attached hydrogen (secondary N) is 2. The van der Waals surface area contributed by atoms with Crippen LogP contribution in [0.5, 0.6) is 11.5 Å². The molecular weight excluding hydrogens is 352 g/mol. The molecule has 0 spiro atoms. The number of hydrogen-bond acceptors (Lipinski definition) is 7. The zero-order valence-corrected chi connectivity index (χ0v) is 15.2. The second kappa shape index (κ2) is 8.30. The molecule has 0 aliphatic heterocycles. The number of fused-ring (bicyclic) bond motifs is 1. The lowest BCUT2D eigenvalue weighted by Crippen LogP contribution is -2.25. The first kappa shape index (κ1) is 17.7.